The number of hydrogen-bond donors (Lipinski definition) is 0. The lowest BCUT2D eigenvalue weighted by molar-refractivity contribution is 0.328. The van der Waals surface area contributed by atoms with Gasteiger partial charge in [0.2, 0.25) is 0 Å². The quantitative estimate of drug-likeness (QED) is 0.183. The Morgan fingerprint density at radius 1 is 0.435 bits per heavy atom. The molecule has 4 nitrogen and oxygen atoms in total. The van der Waals surface area contributed by atoms with Crippen molar-refractivity contribution in [2.45, 2.75) is 119 Å². The minimum atomic E-state index is -0.105. The number of nitrogens with zero attached hydrogens (tertiary/aromatic N) is 4. The van der Waals surface area contributed by atoms with Gasteiger partial charge in [-0.15, -0.1) is 0 Å². The Bertz CT molecular complexity index is 2000. The molecule has 0 spiro atoms. The fourth-order valence-electron chi connectivity index (χ4n) is 8.18. The highest BCUT2D eigenvalue weighted by molar-refractivity contribution is 5.91. The number of rotatable bonds is 2. The standard InChI is InChI=1S/C38H38N4.2C2H6/c1-19(2)23-13-31-29(11-21(23)5)39-33-15-25-27(17-35(33)41-31)37(7)9-10-38(25,8)28-18-36-34(16-26(28)37)40-30-12-22(6)24(20(3)4)14-32(30)42-36;2*1-2/h11-20H,9-10H2,1-8H3;2*1-2H3. The number of fused-ring (bicyclic) bond motifs is 5. The third-order valence-electron chi connectivity index (χ3n) is 10.7. The maximum Gasteiger partial charge on any atom is 0.0897 e. The summed E-state index contributed by atoms with van der Waals surface area (Å²) in [7, 11) is 0. The fraction of sp³-hybridized carbons (Fsp3) is 0.429. The number of aromatic nitrogens is 4. The lowest BCUT2D eigenvalue weighted by atomic mass is 9.50. The van der Waals surface area contributed by atoms with Crippen LogP contribution < -0.4 is 0 Å². The van der Waals surface area contributed by atoms with Gasteiger partial charge in [0.05, 0.1) is 44.1 Å². The highest BCUT2D eigenvalue weighted by Gasteiger charge is 2.51. The van der Waals surface area contributed by atoms with E-state index < -0.39 is 0 Å². The van der Waals surface area contributed by atoms with Crippen LogP contribution in [0.2, 0.25) is 0 Å². The predicted octanol–water partition coefficient (Wildman–Crippen LogP) is 11.5. The van der Waals surface area contributed by atoms with Gasteiger partial charge in [-0.3, -0.25) is 0 Å². The lowest BCUT2D eigenvalue weighted by Gasteiger charge is -2.53. The van der Waals surface area contributed by atoms with Crippen molar-refractivity contribution in [2.24, 2.45) is 0 Å². The first-order chi connectivity index (χ1) is 22.0. The summed E-state index contributed by atoms with van der Waals surface area (Å²) < 4.78 is 0. The van der Waals surface area contributed by atoms with E-state index in [-0.39, 0.29) is 10.8 Å². The summed E-state index contributed by atoms with van der Waals surface area (Å²) in [6.45, 7) is 26.2. The summed E-state index contributed by atoms with van der Waals surface area (Å²) in [6.07, 6.45) is 2.21. The Morgan fingerprint density at radius 3 is 0.935 bits per heavy atom. The molecule has 0 aliphatic heterocycles. The SMILES string of the molecule is CC.CC.Cc1cc2nc3cc4c(cc3nc2cc1C(C)C)C1(C)CCC4(C)c2cc3nc4cc(C(C)C)c(C)cc4nc3cc21. The second-order valence-electron chi connectivity index (χ2n) is 14.1. The normalized spacial score (nSPS) is 19.7. The van der Waals surface area contributed by atoms with Gasteiger partial charge >= 0.3 is 0 Å². The molecule has 4 heteroatoms. The summed E-state index contributed by atoms with van der Waals surface area (Å²) >= 11 is 0. The molecule has 2 unspecified atom stereocenters. The van der Waals surface area contributed by atoms with Gasteiger partial charge in [0.1, 0.15) is 0 Å². The van der Waals surface area contributed by atoms with Crippen molar-refractivity contribution in [3.05, 3.63) is 93.0 Å². The Balaban J connectivity index is 0.000000896. The molecule has 2 atom stereocenters. The number of benzene rings is 4. The van der Waals surface area contributed by atoms with Crippen LogP contribution in [0, 0.1) is 13.8 Å². The molecular weight excluding hydrogens is 560 g/mol. The van der Waals surface area contributed by atoms with Crippen LogP contribution >= 0.6 is 0 Å². The Labute approximate surface area is 275 Å². The second-order valence-corrected chi connectivity index (χ2v) is 14.1. The van der Waals surface area contributed by atoms with Crippen molar-refractivity contribution >= 4 is 44.1 Å². The van der Waals surface area contributed by atoms with Gasteiger partial charge in [-0.2, -0.15) is 0 Å². The smallest absolute Gasteiger partial charge is 0.0897 e. The van der Waals surface area contributed by atoms with Crippen molar-refractivity contribution in [3.8, 4) is 0 Å². The van der Waals surface area contributed by atoms with Crippen LogP contribution in [-0.2, 0) is 10.8 Å². The van der Waals surface area contributed by atoms with Crippen LogP contribution in [0.15, 0.2) is 48.5 Å². The van der Waals surface area contributed by atoms with E-state index in [1.165, 1.54) is 44.5 Å². The van der Waals surface area contributed by atoms with Crippen LogP contribution in [-0.4, -0.2) is 19.9 Å². The molecular formula is C42H50N4. The van der Waals surface area contributed by atoms with Crippen molar-refractivity contribution in [1.29, 1.82) is 0 Å². The van der Waals surface area contributed by atoms with Gasteiger partial charge < -0.3 is 0 Å². The molecule has 0 radical (unpaired) electrons. The Morgan fingerprint density at radius 2 is 0.674 bits per heavy atom. The molecule has 9 rings (SSSR count). The summed E-state index contributed by atoms with van der Waals surface area (Å²) in [5.41, 5.74) is 18.5. The van der Waals surface area contributed by atoms with Gasteiger partial charge in [-0.05, 0) is 132 Å². The molecule has 6 aromatic rings. The molecule has 46 heavy (non-hydrogen) atoms. The average Bonchev–Trinajstić information content (AvgIpc) is 3.04. The lowest BCUT2D eigenvalue weighted by Crippen LogP contribution is -2.46. The van der Waals surface area contributed by atoms with Crippen LogP contribution in [0.4, 0.5) is 0 Å². The molecule has 2 heterocycles. The van der Waals surface area contributed by atoms with E-state index in [0.29, 0.717) is 11.8 Å². The van der Waals surface area contributed by atoms with E-state index in [9.17, 15) is 0 Å². The molecule has 4 aromatic carbocycles. The minimum Gasteiger partial charge on any atom is -0.244 e. The summed E-state index contributed by atoms with van der Waals surface area (Å²) in [5.74, 6) is 0.912. The van der Waals surface area contributed by atoms with E-state index in [0.717, 1.165) is 57.0 Å². The van der Waals surface area contributed by atoms with Gasteiger partial charge in [-0.1, -0.05) is 69.2 Å². The van der Waals surface area contributed by atoms with Crippen LogP contribution in [0.25, 0.3) is 44.1 Å². The number of aryl methyl sites for hydroxylation is 2. The van der Waals surface area contributed by atoms with Gasteiger partial charge in [0.25, 0.3) is 0 Å². The van der Waals surface area contributed by atoms with Crippen molar-refractivity contribution in [1.82, 2.24) is 19.9 Å². The topological polar surface area (TPSA) is 51.6 Å². The summed E-state index contributed by atoms with van der Waals surface area (Å²) in [6, 6.07) is 18.3. The molecule has 2 bridgehead atoms. The zero-order chi connectivity index (χ0) is 33.3. The first-order valence-electron chi connectivity index (χ1n) is 17.5. The number of hydrogen-bond acceptors (Lipinski definition) is 4. The highest BCUT2D eigenvalue weighted by Crippen LogP contribution is 2.60. The van der Waals surface area contributed by atoms with Crippen LogP contribution in [0.1, 0.15) is 138 Å². The molecule has 238 valence electrons. The molecule has 3 aliphatic carbocycles. The monoisotopic (exact) mass is 610 g/mol. The zero-order valence-corrected chi connectivity index (χ0v) is 30.0. The first-order valence-corrected chi connectivity index (χ1v) is 17.5. The summed E-state index contributed by atoms with van der Waals surface area (Å²) in [4.78, 5) is 20.7. The average molecular weight is 611 g/mol. The minimum absolute atomic E-state index is 0.105. The van der Waals surface area contributed by atoms with Gasteiger partial charge in [-0.25, -0.2) is 19.9 Å². The van der Waals surface area contributed by atoms with Gasteiger partial charge in [0.15, 0.2) is 0 Å². The van der Waals surface area contributed by atoms with E-state index in [1.54, 1.807) is 0 Å². The Kier molecular flexibility index (Phi) is 7.94. The largest absolute Gasteiger partial charge is 0.244 e. The third-order valence-corrected chi connectivity index (χ3v) is 10.7. The molecule has 0 N–H and O–H groups in total. The maximum atomic E-state index is 5.19. The van der Waals surface area contributed by atoms with E-state index in [1.807, 2.05) is 27.7 Å². The molecule has 2 aromatic heterocycles. The molecule has 3 aliphatic rings. The third kappa shape index (κ3) is 4.62. The van der Waals surface area contributed by atoms with Crippen LogP contribution in [0.5, 0.6) is 0 Å². The van der Waals surface area contributed by atoms with E-state index in [2.05, 4.69) is 104 Å². The summed E-state index contributed by atoms with van der Waals surface area (Å²) in [5, 5.41) is 0. The Hall–Kier alpha value is -3.92. The zero-order valence-electron chi connectivity index (χ0n) is 30.0. The van der Waals surface area contributed by atoms with E-state index in [4.69, 9.17) is 19.9 Å². The van der Waals surface area contributed by atoms with E-state index >= 15 is 0 Å². The molecule has 0 saturated heterocycles. The molecule has 0 amide bonds. The predicted molar refractivity (Wildman–Crippen MR) is 197 cm³/mol. The van der Waals surface area contributed by atoms with Crippen molar-refractivity contribution in [2.75, 3.05) is 0 Å². The van der Waals surface area contributed by atoms with Crippen molar-refractivity contribution < 1.29 is 0 Å². The van der Waals surface area contributed by atoms with Gasteiger partial charge in [0, 0.05) is 10.8 Å². The maximum absolute atomic E-state index is 5.19. The van der Waals surface area contributed by atoms with Crippen LogP contribution in [0.3, 0.4) is 0 Å². The first kappa shape index (κ1) is 32.0. The van der Waals surface area contributed by atoms with Crippen molar-refractivity contribution in [3.63, 3.8) is 0 Å². The second kappa shape index (κ2) is 11.4. The fourth-order valence-corrected chi connectivity index (χ4v) is 8.18. The highest BCUT2D eigenvalue weighted by atomic mass is 14.8. The molecule has 0 fully saturated rings. The molecule has 0 saturated carbocycles.